The Kier molecular flexibility index (Phi) is 7.59. The zero-order chi connectivity index (χ0) is 24.1. The molecule has 3 heterocycles. The first kappa shape index (κ1) is 24.1. The lowest BCUT2D eigenvalue weighted by Gasteiger charge is -2.30. The zero-order valence-electron chi connectivity index (χ0n) is 18.0. The van der Waals surface area contributed by atoms with E-state index in [1.807, 2.05) is 19.1 Å². The molecule has 33 heavy (non-hydrogen) atoms. The second-order valence-electron chi connectivity index (χ2n) is 7.29. The molecule has 0 fully saturated rings. The maximum absolute atomic E-state index is 13.3. The third-order valence-electron chi connectivity index (χ3n) is 4.76. The van der Waals surface area contributed by atoms with Crippen molar-refractivity contribution in [3.8, 4) is 0 Å². The van der Waals surface area contributed by atoms with Crippen molar-refractivity contribution >= 4 is 33.6 Å². The number of hydrogen-bond donors (Lipinski definition) is 5. The Balaban J connectivity index is 1.86. The van der Waals surface area contributed by atoms with Gasteiger partial charge in [-0.2, -0.15) is 0 Å². The minimum Gasteiger partial charge on any atom is -0.403 e. The van der Waals surface area contributed by atoms with Crippen molar-refractivity contribution < 1.29 is 13.6 Å². The third kappa shape index (κ3) is 5.83. The number of fused-ring (bicyclic) bond motifs is 1. The highest BCUT2D eigenvalue weighted by Crippen LogP contribution is 2.27. The standard InChI is InChI=1S/C21H24F2N8OS/c1-11-3-4-13(7-27-11)8-29-21(32)14-5-15(30-16(6-24)18(22)23)20-28-9-17(31(20)10-14)19(26)33-12(2)25/h3-7,10,17-18,25-26,30H,8-9,24H2,1-2H3,(H,29,32)/b16-6-,25-12?,26-19?. The van der Waals surface area contributed by atoms with Gasteiger partial charge in [0.25, 0.3) is 12.3 Å². The monoisotopic (exact) mass is 474 g/mol. The number of pyridine rings is 1. The summed E-state index contributed by atoms with van der Waals surface area (Å²) in [5.74, 6) is -0.121. The van der Waals surface area contributed by atoms with Gasteiger partial charge in [-0.3, -0.25) is 25.6 Å². The highest BCUT2D eigenvalue weighted by atomic mass is 32.2. The van der Waals surface area contributed by atoms with Crippen molar-refractivity contribution in [2.75, 3.05) is 6.54 Å². The summed E-state index contributed by atoms with van der Waals surface area (Å²) in [6.07, 6.45) is 2.53. The first-order chi connectivity index (χ1) is 15.7. The molecule has 0 aliphatic carbocycles. The van der Waals surface area contributed by atoms with Crippen LogP contribution in [0.4, 0.5) is 8.78 Å². The van der Waals surface area contributed by atoms with E-state index in [2.05, 4.69) is 20.6 Å². The number of aromatic nitrogens is 1. The number of amidine groups is 1. The first-order valence-corrected chi connectivity index (χ1v) is 10.8. The van der Waals surface area contributed by atoms with Crippen LogP contribution in [-0.4, -0.2) is 50.7 Å². The third-order valence-corrected chi connectivity index (χ3v) is 5.56. The van der Waals surface area contributed by atoms with E-state index < -0.39 is 24.1 Å². The Hall–Kier alpha value is -3.54. The molecule has 9 nitrogen and oxygen atoms in total. The average molecular weight is 475 g/mol. The quantitative estimate of drug-likeness (QED) is 0.303. The van der Waals surface area contributed by atoms with E-state index in [1.54, 1.807) is 18.0 Å². The SMILES string of the molecule is CC(=N)SC(=N)C1CN=C2C(N/C(=C\N)C(F)F)=CC(C(=O)NCc3ccc(C)nc3)=CN21. The lowest BCUT2D eigenvalue weighted by molar-refractivity contribution is -0.117. The molecule has 0 saturated heterocycles. The predicted octanol–water partition coefficient (Wildman–Crippen LogP) is 2.23. The van der Waals surface area contributed by atoms with E-state index in [1.165, 1.54) is 12.3 Å². The molecule has 1 amide bonds. The Morgan fingerprint density at radius 3 is 2.79 bits per heavy atom. The van der Waals surface area contributed by atoms with Crippen LogP contribution in [0.2, 0.25) is 0 Å². The number of carbonyl (C=O) groups is 1. The summed E-state index contributed by atoms with van der Waals surface area (Å²) >= 11 is 0.974. The first-order valence-electron chi connectivity index (χ1n) is 9.94. The van der Waals surface area contributed by atoms with Gasteiger partial charge in [0.2, 0.25) is 0 Å². The zero-order valence-corrected chi connectivity index (χ0v) is 18.8. The van der Waals surface area contributed by atoms with E-state index >= 15 is 0 Å². The van der Waals surface area contributed by atoms with Gasteiger partial charge in [0.05, 0.1) is 33.6 Å². The van der Waals surface area contributed by atoms with Crippen LogP contribution < -0.4 is 16.4 Å². The van der Waals surface area contributed by atoms with E-state index in [9.17, 15) is 13.6 Å². The smallest absolute Gasteiger partial charge is 0.279 e. The van der Waals surface area contributed by atoms with Crippen molar-refractivity contribution in [1.82, 2.24) is 20.5 Å². The molecule has 0 spiro atoms. The summed E-state index contributed by atoms with van der Waals surface area (Å²) in [5, 5.41) is 21.7. The molecule has 3 rings (SSSR count). The van der Waals surface area contributed by atoms with E-state index in [-0.39, 0.29) is 34.4 Å². The molecule has 0 aromatic carbocycles. The largest absolute Gasteiger partial charge is 0.403 e. The minimum absolute atomic E-state index is 0.160. The van der Waals surface area contributed by atoms with Gasteiger partial charge in [-0.25, -0.2) is 8.78 Å². The van der Waals surface area contributed by atoms with Crippen molar-refractivity contribution in [1.29, 1.82) is 10.8 Å². The van der Waals surface area contributed by atoms with Gasteiger partial charge < -0.3 is 21.3 Å². The Bertz CT molecular complexity index is 1080. The molecule has 1 aromatic rings. The normalized spacial score (nSPS) is 17.7. The van der Waals surface area contributed by atoms with Crippen LogP contribution in [0.5, 0.6) is 0 Å². The number of allylic oxidation sites excluding steroid dienone is 1. The number of amides is 1. The van der Waals surface area contributed by atoms with Crippen molar-refractivity contribution in [3.05, 3.63) is 65.0 Å². The highest BCUT2D eigenvalue weighted by molar-refractivity contribution is 8.26. The molecule has 1 aromatic heterocycles. The van der Waals surface area contributed by atoms with Crippen molar-refractivity contribution in [2.45, 2.75) is 32.9 Å². The predicted molar refractivity (Wildman–Crippen MR) is 125 cm³/mol. The maximum Gasteiger partial charge on any atom is 0.279 e. The molecule has 0 bridgehead atoms. The van der Waals surface area contributed by atoms with Gasteiger partial charge in [-0.15, -0.1) is 0 Å². The topological polar surface area (TPSA) is 143 Å². The fraction of sp³-hybridized carbons (Fsp3) is 0.286. The molecular weight excluding hydrogens is 450 g/mol. The second-order valence-corrected chi connectivity index (χ2v) is 8.55. The number of carbonyl (C=O) groups excluding carboxylic acids is 1. The number of rotatable bonds is 7. The molecule has 0 radical (unpaired) electrons. The van der Waals surface area contributed by atoms with Crippen LogP contribution in [0.3, 0.4) is 0 Å². The van der Waals surface area contributed by atoms with Gasteiger partial charge >= 0.3 is 0 Å². The van der Waals surface area contributed by atoms with Crippen LogP contribution in [0.25, 0.3) is 0 Å². The highest BCUT2D eigenvalue weighted by Gasteiger charge is 2.36. The average Bonchev–Trinajstić information content (AvgIpc) is 3.20. The van der Waals surface area contributed by atoms with Crippen molar-refractivity contribution in [2.24, 2.45) is 10.7 Å². The van der Waals surface area contributed by atoms with E-state index in [4.69, 9.17) is 16.6 Å². The van der Waals surface area contributed by atoms with Gasteiger partial charge in [-0.1, -0.05) is 17.8 Å². The van der Waals surface area contributed by atoms with E-state index in [0.29, 0.717) is 5.84 Å². The second kappa shape index (κ2) is 10.4. The Labute approximate surface area is 193 Å². The summed E-state index contributed by atoms with van der Waals surface area (Å²) < 4.78 is 26.6. The van der Waals surface area contributed by atoms with Crippen molar-refractivity contribution in [3.63, 3.8) is 0 Å². The number of nitrogens with one attached hydrogen (secondary N) is 4. The number of thioether (sulfide) groups is 1. The molecule has 2 aliphatic rings. The molecule has 12 heteroatoms. The molecule has 1 atom stereocenters. The summed E-state index contributed by atoms with van der Waals surface area (Å²) in [7, 11) is 0. The lowest BCUT2D eigenvalue weighted by Crippen LogP contribution is -2.43. The van der Waals surface area contributed by atoms with Crippen LogP contribution in [0.1, 0.15) is 18.2 Å². The molecule has 1 unspecified atom stereocenters. The fourth-order valence-electron chi connectivity index (χ4n) is 3.14. The molecule has 6 N–H and O–H groups in total. The number of nitrogens with zero attached hydrogens (tertiary/aromatic N) is 3. The number of nitrogens with two attached hydrogens (primary N) is 1. The number of alkyl halides is 2. The number of aliphatic imine (C=N–C) groups is 1. The minimum atomic E-state index is -2.85. The summed E-state index contributed by atoms with van der Waals surface area (Å²) in [6.45, 7) is 3.84. The fourth-order valence-corrected chi connectivity index (χ4v) is 3.80. The summed E-state index contributed by atoms with van der Waals surface area (Å²) in [6, 6.07) is 3.12. The van der Waals surface area contributed by atoms with Gasteiger partial charge in [-0.05, 0) is 31.6 Å². The number of aryl methyl sites for hydroxylation is 1. The molecule has 174 valence electrons. The molecular formula is C21H24F2N8OS. The maximum atomic E-state index is 13.3. The lowest BCUT2D eigenvalue weighted by atomic mass is 10.1. The van der Waals surface area contributed by atoms with Gasteiger partial charge in [0.15, 0.2) is 5.84 Å². The number of hydrogen-bond acceptors (Lipinski definition) is 9. The van der Waals surface area contributed by atoms with Crippen LogP contribution in [0, 0.1) is 17.7 Å². The van der Waals surface area contributed by atoms with Crippen LogP contribution in [-0.2, 0) is 11.3 Å². The summed E-state index contributed by atoms with van der Waals surface area (Å²) in [4.78, 5) is 23.1. The number of halogens is 2. The van der Waals surface area contributed by atoms with Crippen LogP contribution in [0.15, 0.2) is 58.8 Å². The Morgan fingerprint density at radius 2 is 2.18 bits per heavy atom. The van der Waals surface area contributed by atoms with Crippen LogP contribution >= 0.6 is 11.8 Å². The van der Waals surface area contributed by atoms with Gasteiger partial charge in [0, 0.05) is 30.8 Å². The molecule has 0 saturated carbocycles. The van der Waals surface area contributed by atoms with Gasteiger partial charge in [0.1, 0.15) is 6.04 Å². The molecule has 2 aliphatic heterocycles. The van der Waals surface area contributed by atoms with E-state index in [0.717, 1.165) is 29.2 Å². The Morgan fingerprint density at radius 1 is 1.42 bits per heavy atom. The summed E-state index contributed by atoms with van der Waals surface area (Å²) in [5.41, 5.74) is 6.82.